The number of halogens is 1. The summed E-state index contributed by atoms with van der Waals surface area (Å²) in [4.78, 5) is 23.9. The summed E-state index contributed by atoms with van der Waals surface area (Å²) >= 11 is 0. The Morgan fingerprint density at radius 2 is 1.73 bits per heavy atom. The molecule has 136 valence electrons. The number of ether oxygens (including phenoxy) is 1. The minimum absolute atomic E-state index is 0.154. The Morgan fingerprint density at radius 3 is 2.38 bits per heavy atom. The van der Waals surface area contributed by atoms with Gasteiger partial charge in [-0.05, 0) is 42.2 Å². The van der Waals surface area contributed by atoms with E-state index in [-0.39, 0.29) is 17.6 Å². The summed E-state index contributed by atoms with van der Waals surface area (Å²) in [7, 11) is 0. The molecule has 2 unspecified atom stereocenters. The molecule has 4 nitrogen and oxygen atoms in total. The van der Waals surface area contributed by atoms with Gasteiger partial charge in [0.05, 0.1) is 0 Å². The van der Waals surface area contributed by atoms with Crippen molar-refractivity contribution in [2.75, 3.05) is 6.54 Å². The van der Waals surface area contributed by atoms with Crippen molar-refractivity contribution in [1.29, 1.82) is 0 Å². The first kappa shape index (κ1) is 19.4. The number of esters is 1. The zero-order valence-corrected chi connectivity index (χ0v) is 14.8. The van der Waals surface area contributed by atoms with Crippen molar-refractivity contribution in [3.63, 3.8) is 0 Å². The number of rotatable bonds is 7. The van der Waals surface area contributed by atoms with Gasteiger partial charge in [0.25, 0.3) is 5.91 Å². The first-order valence-electron chi connectivity index (χ1n) is 8.42. The van der Waals surface area contributed by atoms with Gasteiger partial charge in [0.15, 0.2) is 6.10 Å². The van der Waals surface area contributed by atoms with Gasteiger partial charge in [0.1, 0.15) is 5.82 Å². The molecule has 0 aliphatic carbocycles. The van der Waals surface area contributed by atoms with Crippen LogP contribution in [0.15, 0.2) is 60.7 Å². The molecular formula is C21H22FNO3. The Morgan fingerprint density at radius 1 is 1.08 bits per heavy atom. The lowest BCUT2D eigenvalue weighted by Gasteiger charge is -2.16. The highest BCUT2D eigenvalue weighted by Gasteiger charge is 2.17. The Labute approximate surface area is 152 Å². The maximum atomic E-state index is 12.8. The second-order valence-electron chi connectivity index (χ2n) is 6.02. The van der Waals surface area contributed by atoms with Crippen LogP contribution in [0.1, 0.15) is 30.9 Å². The van der Waals surface area contributed by atoms with Gasteiger partial charge >= 0.3 is 5.97 Å². The van der Waals surface area contributed by atoms with E-state index in [1.165, 1.54) is 31.2 Å². The van der Waals surface area contributed by atoms with Crippen LogP contribution in [0.25, 0.3) is 6.08 Å². The lowest BCUT2D eigenvalue weighted by Crippen LogP contribution is -2.37. The van der Waals surface area contributed by atoms with Crippen LogP contribution in [-0.2, 0) is 14.3 Å². The van der Waals surface area contributed by atoms with E-state index in [0.29, 0.717) is 12.1 Å². The van der Waals surface area contributed by atoms with E-state index in [9.17, 15) is 14.0 Å². The third-order valence-corrected chi connectivity index (χ3v) is 3.90. The first-order chi connectivity index (χ1) is 12.5. The fourth-order valence-electron chi connectivity index (χ4n) is 2.30. The van der Waals surface area contributed by atoms with Crippen LogP contribution in [0.4, 0.5) is 4.39 Å². The molecule has 0 saturated heterocycles. The quantitative estimate of drug-likeness (QED) is 0.609. The third-order valence-electron chi connectivity index (χ3n) is 3.90. The molecule has 0 radical (unpaired) electrons. The van der Waals surface area contributed by atoms with Gasteiger partial charge in [-0.1, -0.05) is 49.4 Å². The highest BCUT2D eigenvalue weighted by Crippen LogP contribution is 2.13. The smallest absolute Gasteiger partial charge is 0.331 e. The van der Waals surface area contributed by atoms with Crippen molar-refractivity contribution >= 4 is 18.0 Å². The van der Waals surface area contributed by atoms with Crippen molar-refractivity contribution in [3.8, 4) is 0 Å². The van der Waals surface area contributed by atoms with Gasteiger partial charge in [-0.25, -0.2) is 9.18 Å². The van der Waals surface area contributed by atoms with E-state index in [4.69, 9.17) is 4.74 Å². The van der Waals surface area contributed by atoms with Crippen LogP contribution < -0.4 is 5.32 Å². The van der Waals surface area contributed by atoms with E-state index < -0.39 is 12.1 Å². The van der Waals surface area contributed by atoms with Crippen LogP contribution in [0.5, 0.6) is 0 Å². The summed E-state index contributed by atoms with van der Waals surface area (Å²) in [5.74, 6) is -1.18. The first-order valence-corrected chi connectivity index (χ1v) is 8.42. The van der Waals surface area contributed by atoms with Crippen LogP contribution in [0.2, 0.25) is 0 Å². The molecule has 0 saturated carbocycles. The van der Waals surface area contributed by atoms with Crippen LogP contribution in [0.3, 0.4) is 0 Å². The maximum absolute atomic E-state index is 12.8. The van der Waals surface area contributed by atoms with Crippen molar-refractivity contribution in [2.45, 2.75) is 25.9 Å². The molecule has 0 heterocycles. The molecule has 2 aromatic carbocycles. The van der Waals surface area contributed by atoms with Crippen LogP contribution in [0, 0.1) is 5.82 Å². The van der Waals surface area contributed by atoms with Crippen molar-refractivity contribution in [3.05, 3.63) is 77.6 Å². The number of amides is 1. The molecule has 26 heavy (non-hydrogen) atoms. The Bertz CT molecular complexity index is 757. The number of carbonyl (C=O) groups is 2. The summed E-state index contributed by atoms with van der Waals surface area (Å²) < 4.78 is 17.9. The van der Waals surface area contributed by atoms with Gasteiger partial charge < -0.3 is 10.1 Å². The summed E-state index contributed by atoms with van der Waals surface area (Å²) in [5.41, 5.74) is 1.79. The second kappa shape index (κ2) is 9.51. The molecule has 0 aliphatic rings. The van der Waals surface area contributed by atoms with E-state index in [1.54, 1.807) is 12.1 Å². The molecule has 2 rings (SSSR count). The number of hydrogen-bond acceptors (Lipinski definition) is 3. The Hall–Kier alpha value is -2.95. The zero-order valence-electron chi connectivity index (χ0n) is 14.8. The summed E-state index contributed by atoms with van der Waals surface area (Å²) in [6, 6.07) is 15.5. The largest absolute Gasteiger partial charge is 0.449 e. The second-order valence-corrected chi connectivity index (χ2v) is 6.02. The highest BCUT2D eigenvalue weighted by atomic mass is 19.1. The van der Waals surface area contributed by atoms with Crippen LogP contribution in [-0.4, -0.2) is 24.5 Å². The minimum atomic E-state index is -0.900. The van der Waals surface area contributed by atoms with E-state index >= 15 is 0 Å². The summed E-state index contributed by atoms with van der Waals surface area (Å²) in [6.45, 7) is 3.99. The average molecular weight is 355 g/mol. The summed E-state index contributed by atoms with van der Waals surface area (Å²) in [6.07, 6.45) is 1.82. The Kier molecular flexibility index (Phi) is 7.09. The SMILES string of the molecule is CC(OC(=O)/C=C/c1ccc(F)cc1)C(=O)NCC(C)c1ccccc1. The predicted octanol–water partition coefficient (Wildman–Crippen LogP) is 3.69. The average Bonchev–Trinajstić information content (AvgIpc) is 2.66. The molecule has 5 heteroatoms. The van der Waals surface area contributed by atoms with E-state index in [1.807, 2.05) is 37.3 Å². The lowest BCUT2D eigenvalue weighted by molar-refractivity contribution is -0.150. The molecule has 0 spiro atoms. The molecular weight excluding hydrogens is 333 g/mol. The normalized spacial score (nSPS) is 13.2. The fraction of sp³-hybridized carbons (Fsp3) is 0.238. The predicted molar refractivity (Wildman–Crippen MR) is 98.9 cm³/mol. The number of nitrogens with one attached hydrogen (secondary N) is 1. The topological polar surface area (TPSA) is 55.4 Å². The van der Waals surface area contributed by atoms with E-state index in [0.717, 1.165) is 5.56 Å². The van der Waals surface area contributed by atoms with Gasteiger partial charge in [0, 0.05) is 12.6 Å². The molecule has 0 aliphatic heterocycles. The third kappa shape index (κ3) is 6.16. The van der Waals surface area contributed by atoms with Gasteiger partial charge in [0.2, 0.25) is 0 Å². The van der Waals surface area contributed by atoms with Crippen molar-refractivity contribution in [2.24, 2.45) is 0 Å². The van der Waals surface area contributed by atoms with Crippen molar-refractivity contribution < 1.29 is 18.7 Å². The lowest BCUT2D eigenvalue weighted by atomic mass is 10.0. The maximum Gasteiger partial charge on any atom is 0.331 e. The van der Waals surface area contributed by atoms with Crippen LogP contribution >= 0.6 is 0 Å². The Balaban J connectivity index is 1.78. The molecule has 0 aromatic heterocycles. The van der Waals surface area contributed by atoms with E-state index in [2.05, 4.69) is 5.32 Å². The minimum Gasteiger partial charge on any atom is -0.449 e. The molecule has 1 N–H and O–H groups in total. The number of benzene rings is 2. The highest BCUT2D eigenvalue weighted by molar-refractivity contribution is 5.90. The fourth-order valence-corrected chi connectivity index (χ4v) is 2.30. The molecule has 2 aromatic rings. The summed E-state index contributed by atoms with van der Waals surface area (Å²) in [5, 5.41) is 2.78. The molecule has 0 fully saturated rings. The van der Waals surface area contributed by atoms with Crippen molar-refractivity contribution in [1.82, 2.24) is 5.32 Å². The van der Waals surface area contributed by atoms with Gasteiger partial charge in [-0.15, -0.1) is 0 Å². The standard InChI is InChI=1S/C21H22FNO3/c1-15(18-6-4-3-5-7-18)14-23-21(25)16(2)26-20(24)13-10-17-8-11-19(22)12-9-17/h3-13,15-16H,14H2,1-2H3,(H,23,25)/b13-10+. The van der Waals surface area contributed by atoms with Gasteiger partial charge in [-0.3, -0.25) is 4.79 Å². The molecule has 0 bridgehead atoms. The van der Waals surface area contributed by atoms with Gasteiger partial charge in [-0.2, -0.15) is 0 Å². The monoisotopic (exact) mass is 355 g/mol. The molecule has 2 atom stereocenters. The number of carbonyl (C=O) groups excluding carboxylic acids is 2. The zero-order chi connectivity index (χ0) is 18.9. The number of hydrogen-bond donors (Lipinski definition) is 1. The molecule has 1 amide bonds.